The van der Waals surface area contributed by atoms with Gasteiger partial charge in [-0.1, -0.05) is 0 Å². The number of hydrogen-bond donors (Lipinski definition) is 5. The number of nitrogens with two attached hydrogens (primary N) is 1. The molecule has 2 atom stereocenters. The normalized spacial score (nSPS) is 20.4. The van der Waals surface area contributed by atoms with E-state index in [1.54, 1.807) is 0 Å². The number of alkyl halides is 3. The molecule has 3 aromatic heterocycles. The van der Waals surface area contributed by atoms with Crippen molar-refractivity contribution in [2.45, 2.75) is 63.9 Å². The number of anilines is 2. The largest absolute Gasteiger partial charge is 0.417 e. The number of fused-ring (bicyclic) bond motifs is 1. The molecule has 3 aromatic rings. The molecule has 35 heavy (non-hydrogen) atoms. The van der Waals surface area contributed by atoms with Crippen molar-refractivity contribution in [2.24, 2.45) is 5.92 Å². The van der Waals surface area contributed by atoms with Crippen molar-refractivity contribution in [3.63, 3.8) is 0 Å². The van der Waals surface area contributed by atoms with Crippen LogP contribution in [0.3, 0.4) is 0 Å². The van der Waals surface area contributed by atoms with E-state index in [0.29, 0.717) is 28.8 Å². The number of halogens is 3. The number of aromatic amines is 1. The number of pyridine rings is 1. The number of aliphatic hydroxyl groups excluding tert-OH is 1. The van der Waals surface area contributed by atoms with Gasteiger partial charge in [0.15, 0.2) is 0 Å². The minimum Gasteiger partial charge on any atom is -0.396 e. The van der Waals surface area contributed by atoms with E-state index in [1.165, 1.54) is 19.3 Å². The lowest BCUT2D eigenvalue weighted by molar-refractivity contribution is -0.137. The summed E-state index contributed by atoms with van der Waals surface area (Å²) in [6.07, 6.45) is 1.53. The van der Waals surface area contributed by atoms with E-state index in [-0.39, 0.29) is 29.1 Å². The zero-order chi connectivity index (χ0) is 25.3. The number of aromatic nitrogens is 4. The molecule has 1 aliphatic carbocycles. The van der Waals surface area contributed by atoms with Gasteiger partial charge in [0.2, 0.25) is 11.9 Å². The van der Waals surface area contributed by atoms with Crippen molar-refractivity contribution in [2.75, 3.05) is 11.1 Å². The molecular formula is C23H28F3N7O2. The van der Waals surface area contributed by atoms with Gasteiger partial charge >= 0.3 is 6.18 Å². The van der Waals surface area contributed by atoms with Crippen molar-refractivity contribution in [1.82, 2.24) is 25.3 Å². The van der Waals surface area contributed by atoms with Crippen LogP contribution in [0.4, 0.5) is 24.8 Å². The monoisotopic (exact) mass is 491 g/mol. The standard InChI is InChI=1S/C23H28F3N7O2/c1-11(13-3-5-15(6-4-13)32-21(35)12(2)34)31-22-30-10-18(27)19(33-22)17-9-29-20-16(17)7-14(8-28-20)23(24,25)26/h7-13,15,34H,3-6,27H2,1-2H3,(H,28,29)(H,32,35)(H,30,31,33)/t11-,12-,13-,15-/m1/s1. The lowest BCUT2D eigenvalue weighted by Gasteiger charge is -2.33. The summed E-state index contributed by atoms with van der Waals surface area (Å²) >= 11 is 0. The fourth-order valence-electron chi connectivity index (χ4n) is 4.44. The van der Waals surface area contributed by atoms with Gasteiger partial charge in [0.25, 0.3) is 0 Å². The topological polar surface area (TPSA) is 142 Å². The summed E-state index contributed by atoms with van der Waals surface area (Å²) in [5.41, 5.74) is 6.48. The van der Waals surface area contributed by atoms with Gasteiger partial charge in [0.05, 0.1) is 17.4 Å². The highest BCUT2D eigenvalue weighted by Crippen LogP contribution is 2.35. The third-order valence-electron chi connectivity index (χ3n) is 6.49. The van der Waals surface area contributed by atoms with Crippen LogP contribution >= 0.6 is 0 Å². The first-order valence-corrected chi connectivity index (χ1v) is 11.4. The summed E-state index contributed by atoms with van der Waals surface area (Å²) in [6.45, 7) is 3.46. The molecule has 1 aliphatic rings. The quantitative estimate of drug-likeness (QED) is 0.355. The predicted molar refractivity (Wildman–Crippen MR) is 125 cm³/mol. The fourth-order valence-corrected chi connectivity index (χ4v) is 4.44. The minimum absolute atomic E-state index is 0.0151. The van der Waals surface area contributed by atoms with Crippen LogP contribution in [-0.4, -0.2) is 49.1 Å². The molecule has 188 valence electrons. The fraction of sp³-hybridized carbons (Fsp3) is 0.478. The minimum atomic E-state index is -4.52. The zero-order valence-corrected chi connectivity index (χ0v) is 19.4. The van der Waals surface area contributed by atoms with Gasteiger partial charge < -0.3 is 26.5 Å². The van der Waals surface area contributed by atoms with Crippen molar-refractivity contribution in [3.05, 3.63) is 30.2 Å². The summed E-state index contributed by atoms with van der Waals surface area (Å²) in [6, 6.07) is 1.08. The second kappa shape index (κ2) is 9.68. The number of aliphatic hydroxyl groups is 1. The molecule has 9 nitrogen and oxygen atoms in total. The molecule has 4 rings (SSSR count). The maximum Gasteiger partial charge on any atom is 0.417 e. The van der Waals surface area contributed by atoms with E-state index in [9.17, 15) is 23.1 Å². The van der Waals surface area contributed by atoms with Gasteiger partial charge in [0.1, 0.15) is 17.4 Å². The predicted octanol–water partition coefficient (Wildman–Crippen LogP) is 3.48. The molecular weight excluding hydrogens is 463 g/mol. The number of H-pyrrole nitrogens is 1. The molecule has 0 unspecified atom stereocenters. The van der Waals surface area contributed by atoms with Crippen LogP contribution in [0, 0.1) is 5.92 Å². The lowest BCUT2D eigenvalue weighted by Crippen LogP contribution is -2.43. The van der Waals surface area contributed by atoms with E-state index in [0.717, 1.165) is 37.9 Å². The van der Waals surface area contributed by atoms with Crippen molar-refractivity contribution >= 4 is 28.6 Å². The number of rotatable bonds is 6. The number of hydrogen-bond acceptors (Lipinski definition) is 7. The first-order valence-electron chi connectivity index (χ1n) is 11.4. The Morgan fingerprint density at radius 2 is 1.91 bits per heavy atom. The van der Waals surface area contributed by atoms with Gasteiger partial charge in [-0.25, -0.2) is 15.0 Å². The average Bonchev–Trinajstić information content (AvgIpc) is 3.23. The first-order chi connectivity index (χ1) is 16.5. The second-order valence-electron chi connectivity index (χ2n) is 9.05. The van der Waals surface area contributed by atoms with E-state index in [1.807, 2.05) is 6.92 Å². The SMILES string of the molecule is C[C@@H](O)C(=O)N[C@H]1CC[C@H]([C@@H](C)Nc2ncc(N)c(-c3c[nH]c4ncc(C(F)(F)F)cc34)n2)CC1. The maximum atomic E-state index is 13.2. The second-order valence-corrected chi connectivity index (χ2v) is 9.05. The van der Waals surface area contributed by atoms with Crippen LogP contribution in [-0.2, 0) is 11.0 Å². The molecule has 12 heteroatoms. The molecule has 3 heterocycles. The maximum absolute atomic E-state index is 13.2. The first kappa shape index (κ1) is 24.7. The third kappa shape index (κ3) is 5.47. The molecule has 1 fully saturated rings. The Balaban J connectivity index is 1.48. The average molecular weight is 492 g/mol. The highest BCUT2D eigenvalue weighted by atomic mass is 19.4. The number of carbonyl (C=O) groups excluding carboxylic acids is 1. The Kier molecular flexibility index (Phi) is 6.84. The Labute approximate surface area is 199 Å². The van der Waals surface area contributed by atoms with Crippen molar-refractivity contribution in [3.8, 4) is 11.3 Å². The lowest BCUT2D eigenvalue weighted by atomic mass is 9.82. The van der Waals surface area contributed by atoms with Crippen molar-refractivity contribution < 1.29 is 23.1 Å². The van der Waals surface area contributed by atoms with Crippen LogP contribution in [0.15, 0.2) is 24.7 Å². The highest BCUT2D eigenvalue weighted by molar-refractivity contribution is 5.95. The Morgan fingerprint density at radius 1 is 1.20 bits per heavy atom. The summed E-state index contributed by atoms with van der Waals surface area (Å²) in [5.74, 6) is 0.267. The molecule has 0 radical (unpaired) electrons. The van der Waals surface area contributed by atoms with E-state index in [4.69, 9.17) is 5.73 Å². The number of nitrogens with one attached hydrogen (secondary N) is 3. The molecule has 0 aromatic carbocycles. The summed E-state index contributed by atoms with van der Waals surface area (Å²) < 4.78 is 39.6. The van der Waals surface area contributed by atoms with Crippen LogP contribution < -0.4 is 16.4 Å². The van der Waals surface area contributed by atoms with Crippen LogP contribution in [0.2, 0.25) is 0 Å². The van der Waals surface area contributed by atoms with Crippen LogP contribution in [0.25, 0.3) is 22.3 Å². The molecule has 1 saturated carbocycles. The Hall–Kier alpha value is -3.41. The van der Waals surface area contributed by atoms with Gasteiger partial charge in [-0.2, -0.15) is 13.2 Å². The molecule has 6 N–H and O–H groups in total. The molecule has 1 amide bonds. The molecule has 0 saturated heterocycles. The van der Waals surface area contributed by atoms with Gasteiger partial charge in [-0.15, -0.1) is 0 Å². The van der Waals surface area contributed by atoms with E-state index >= 15 is 0 Å². The smallest absolute Gasteiger partial charge is 0.396 e. The number of nitrogen functional groups attached to an aromatic ring is 1. The van der Waals surface area contributed by atoms with Gasteiger partial charge in [-0.3, -0.25) is 4.79 Å². The zero-order valence-electron chi connectivity index (χ0n) is 19.4. The van der Waals surface area contributed by atoms with Crippen LogP contribution in [0.1, 0.15) is 45.1 Å². The molecule has 0 aliphatic heterocycles. The Bertz CT molecular complexity index is 1200. The van der Waals surface area contributed by atoms with Crippen molar-refractivity contribution in [1.29, 1.82) is 0 Å². The van der Waals surface area contributed by atoms with Gasteiger partial charge in [0, 0.05) is 35.4 Å². The summed E-state index contributed by atoms with van der Waals surface area (Å²) in [7, 11) is 0. The molecule has 0 spiro atoms. The summed E-state index contributed by atoms with van der Waals surface area (Å²) in [4.78, 5) is 27.2. The highest BCUT2D eigenvalue weighted by Gasteiger charge is 2.32. The summed E-state index contributed by atoms with van der Waals surface area (Å²) in [5, 5.41) is 15.8. The number of amides is 1. The van der Waals surface area contributed by atoms with E-state index < -0.39 is 17.8 Å². The van der Waals surface area contributed by atoms with Crippen LogP contribution in [0.5, 0.6) is 0 Å². The van der Waals surface area contributed by atoms with E-state index in [2.05, 4.69) is 30.6 Å². The third-order valence-corrected chi connectivity index (χ3v) is 6.49. The molecule has 0 bridgehead atoms. The Morgan fingerprint density at radius 3 is 2.57 bits per heavy atom. The number of nitrogens with zero attached hydrogens (tertiary/aromatic N) is 3. The van der Waals surface area contributed by atoms with Gasteiger partial charge in [-0.05, 0) is 51.5 Å². The number of carbonyl (C=O) groups is 1.